The van der Waals surface area contributed by atoms with Crippen LogP contribution in [-0.2, 0) is 9.84 Å². The van der Waals surface area contributed by atoms with Gasteiger partial charge in [0.05, 0.1) is 11.0 Å². The molecule has 0 radical (unpaired) electrons. The second-order valence-corrected chi connectivity index (χ2v) is 7.39. The fourth-order valence-corrected chi connectivity index (χ4v) is 4.79. The van der Waals surface area contributed by atoms with Crippen LogP contribution in [0.25, 0.3) is 0 Å². The van der Waals surface area contributed by atoms with E-state index in [9.17, 15) is 8.42 Å². The molecule has 0 saturated carbocycles. The highest BCUT2D eigenvalue weighted by atomic mass is 32.2. The SMILES string of the molecule is CCCC(NCC)C(CC)S(=O)(=O)CC(C)C. The van der Waals surface area contributed by atoms with Crippen LogP contribution in [0.1, 0.15) is 53.9 Å². The van der Waals surface area contributed by atoms with Crippen LogP contribution < -0.4 is 5.32 Å². The van der Waals surface area contributed by atoms with Gasteiger partial charge >= 0.3 is 0 Å². The fourth-order valence-electron chi connectivity index (χ4n) is 2.37. The highest BCUT2D eigenvalue weighted by molar-refractivity contribution is 7.92. The van der Waals surface area contributed by atoms with Crippen LogP contribution in [-0.4, -0.2) is 32.0 Å². The molecule has 4 heteroatoms. The van der Waals surface area contributed by atoms with Crippen molar-refractivity contribution in [1.29, 1.82) is 0 Å². The summed E-state index contributed by atoms with van der Waals surface area (Å²) in [7, 11) is -2.98. The summed E-state index contributed by atoms with van der Waals surface area (Å²) in [6.07, 6.45) is 2.65. The average molecular weight is 263 g/mol. The quantitative estimate of drug-likeness (QED) is 0.695. The Bertz CT molecular complexity index is 280. The summed E-state index contributed by atoms with van der Waals surface area (Å²) in [6, 6.07) is 0.110. The summed E-state index contributed by atoms with van der Waals surface area (Å²) >= 11 is 0. The molecule has 0 spiro atoms. The first-order valence-electron chi connectivity index (χ1n) is 6.83. The Balaban J connectivity index is 4.87. The smallest absolute Gasteiger partial charge is 0.154 e. The zero-order valence-corrected chi connectivity index (χ0v) is 12.8. The van der Waals surface area contributed by atoms with Gasteiger partial charge in [-0.2, -0.15) is 0 Å². The van der Waals surface area contributed by atoms with E-state index < -0.39 is 9.84 Å². The zero-order valence-electron chi connectivity index (χ0n) is 12.0. The van der Waals surface area contributed by atoms with E-state index in [1.165, 1.54) is 0 Å². The van der Waals surface area contributed by atoms with Gasteiger partial charge in [0.25, 0.3) is 0 Å². The van der Waals surface area contributed by atoms with Crippen LogP contribution in [0.15, 0.2) is 0 Å². The van der Waals surface area contributed by atoms with Gasteiger partial charge in [0.1, 0.15) is 0 Å². The molecule has 0 heterocycles. The van der Waals surface area contributed by atoms with E-state index in [1.54, 1.807) is 0 Å². The van der Waals surface area contributed by atoms with Gasteiger partial charge in [0.15, 0.2) is 9.84 Å². The normalized spacial score (nSPS) is 16.1. The molecule has 3 nitrogen and oxygen atoms in total. The summed E-state index contributed by atoms with van der Waals surface area (Å²) in [5.74, 6) is 0.509. The summed E-state index contributed by atoms with van der Waals surface area (Å²) in [4.78, 5) is 0. The van der Waals surface area contributed by atoms with E-state index >= 15 is 0 Å². The molecule has 0 bridgehead atoms. The van der Waals surface area contributed by atoms with Crippen molar-refractivity contribution in [2.24, 2.45) is 5.92 Å². The highest BCUT2D eigenvalue weighted by Gasteiger charge is 2.31. The van der Waals surface area contributed by atoms with E-state index in [2.05, 4.69) is 12.2 Å². The lowest BCUT2D eigenvalue weighted by molar-refractivity contribution is 0.443. The molecule has 0 aliphatic heterocycles. The summed E-state index contributed by atoms with van der Waals surface area (Å²) in [5.41, 5.74) is 0. The molecular weight excluding hydrogens is 234 g/mol. The summed E-state index contributed by atoms with van der Waals surface area (Å²) in [5, 5.41) is 3.10. The zero-order chi connectivity index (χ0) is 13.5. The molecule has 17 heavy (non-hydrogen) atoms. The number of hydrogen-bond donors (Lipinski definition) is 1. The lowest BCUT2D eigenvalue weighted by Gasteiger charge is -2.27. The van der Waals surface area contributed by atoms with Crippen LogP contribution >= 0.6 is 0 Å². The summed E-state index contributed by atoms with van der Waals surface area (Å²) < 4.78 is 24.6. The van der Waals surface area contributed by atoms with Crippen molar-refractivity contribution in [1.82, 2.24) is 5.32 Å². The molecule has 0 saturated heterocycles. The monoisotopic (exact) mass is 263 g/mol. The Kier molecular flexibility index (Phi) is 8.05. The standard InChI is InChI=1S/C13H29NO2S/c1-6-9-12(14-8-3)13(7-2)17(15,16)10-11(4)5/h11-14H,6-10H2,1-5H3. The third-order valence-electron chi connectivity index (χ3n) is 2.94. The van der Waals surface area contributed by atoms with Gasteiger partial charge in [0.2, 0.25) is 0 Å². The van der Waals surface area contributed by atoms with Crippen LogP contribution in [0.3, 0.4) is 0 Å². The molecule has 0 fully saturated rings. The lowest BCUT2D eigenvalue weighted by atomic mass is 10.1. The number of hydrogen-bond acceptors (Lipinski definition) is 3. The molecule has 0 amide bonds. The van der Waals surface area contributed by atoms with E-state index in [1.807, 2.05) is 27.7 Å². The maximum absolute atomic E-state index is 12.3. The Morgan fingerprint density at radius 3 is 2.06 bits per heavy atom. The van der Waals surface area contributed by atoms with Gasteiger partial charge in [-0.3, -0.25) is 0 Å². The Morgan fingerprint density at radius 2 is 1.71 bits per heavy atom. The average Bonchev–Trinajstić information content (AvgIpc) is 2.16. The largest absolute Gasteiger partial charge is 0.313 e. The maximum atomic E-state index is 12.3. The molecule has 2 atom stereocenters. The molecule has 0 aromatic carbocycles. The molecule has 0 aliphatic carbocycles. The second-order valence-electron chi connectivity index (χ2n) is 5.12. The number of sulfone groups is 1. The van der Waals surface area contributed by atoms with Crippen LogP contribution in [0.2, 0.25) is 0 Å². The first kappa shape index (κ1) is 16.9. The molecule has 0 aliphatic rings. The first-order chi connectivity index (χ1) is 7.88. The fraction of sp³-hybridized carbons (Fsp3) is 1.00. The van der Waals surface area contributed by atoms with Crippen molar-refractivity contribution in [3.05, 3.63) is 0 Å². The summed E-state index contributed by atoms with van der Waals surface area (Å²) in [6.45, 7) is 10.9. The predicted molar refractivity (Wildman–Crippen MR) is 75.1 cm³/mol. The third kappa shape index (κ3) is 5.87. The molecule has 104 valence electrons. The van der Waals surface area contributed by atoms with Crippen molar-refractivity contribution in [3.63, 3.8) is 0 Å². The van der Waals surface area contributed by atoms with Crippen molar-refractivity contribution in [2.75, 3.05) is 12.3 Å². The van der Waals surface area contributed by atoms with E-state index in [-0.39, 0.29) is 17.2 Å². The van der Waals surface area contributed by atoms with Gasteiger partial charge in [-0.1, -0.05) is 41.0 Å². The minimum Gasteiger partial charge on any atom is -0.313 e. The van der Waals surface area contributed by atoms with Crippen LogP contribution in [0, 0.1) is 5.92 Å². The number of rotatable bonds is 9. The molecule has 0 rings (SSSR count). The minimum absolute atomic E-state index is 0.110. The highest BCUT2D eigenvalue weighted by Crippen LogP contribution is 2.18. The van der Waals surface area contributed by atoms with Gasteiger partial charge in [-0.05, 0) is 25.3 Å². The molecule has 0 aromatic heterocycles. The van der Waals surface area contributed by atoms with Gasteiger partial charge in [0, 0.05) is 6.04 Å². The van der Waals surface area contributed by atoms with Crippen molar-refractivity contribution in [3.8, 4) is 0 Å². The first-order valence-corrected chi connectivity index (χ1v) is 8.55. The number of nitrogens with one attached hydrogen (secondary N) is 1. The van der Waals surface area contributed by atoms with Crippen LogP contribution in [0.5, 0.6) is 0 Å². The van der Waals surface area contributed by atoms with Gasteiger partial charge < -0.3 is 5.32 Å². The van der Waals surface area contributed by atoms with E-state index in [4.69, 9.17) is 0 Å². The molecule has 0 aromatic rings. The van der Waals surface area contributed by atoms with Crippen molar-refractivity contribution in [2.45, 2.75) is 65.2 Å². The van der Waals surface area contributed by atoms with E-state index in [0.717, 1.165) is 19.4 Å². The van der Waals surface area contributed by atoms with Crippen LogP contribution in [0.4, 0.5) is 0 Å². The predicted octanol–water partition coefficient (Wildman–Crippen LogP) is 2.61. The molecular formula is C13H29NO2S. The topological polar surface area (TPSA) is 46.2 Å². The maximum Gasteiger partial charge on any atom is 0.154 e. The Labute approximate surface area is 107 Å². The van der Waals surface area contributed by atoms with E-state index in [0.29, 0.717) is 12.2 Å². The Hall–Kier alpha value is -0.0900. The Morgan fingerprint density at radius 1 is 1.12 bits per heavy atom. The molecule has 1 N–H and O–H groups in total. The van der Waals surface area contributed by atoms with Gasteiger partial charge in [-0.25, -0.2) is 8.42 Å². The third-order valence-corrected chi connectivity index (χ3v) is 5.66. The molecule has 2 unspecified atom stereocenters. The minimum atomic E-state index is -2.98. The van der Waals surface area contributed by atoms with Crippen molar-refractivity contribution < 1.29 is 8.42 Å². The van der Waals surface area contributed by atoms with Gasteiger partial charge in [-0.15, -0.1) is 0 Å². The van der Waals surface area contributed by atoms with Crippen molar-refractivity contribution >= 4 is 9.84 Å². The lowest BCUT2D eigenvalue weighted by Crippen LogP contribution is -2.45. The second kappa shape index (κ2) is 8.09.